The van der Waals surface area contributed by atoms with E-state index in [2.05, 4.69) is 0 Å². The number of amides is 4. The number of alkyl halides is 10. The highest BCUT2D eigenvalue weighted by atomic mass is 19.4. The van der Waals surface area contributed by atoms with E-state index >= 15 is 0 Å². The minimum atomic E-state index is -6.79. The molecule has 17 heteroatoms. The number of hydrogen-bond acceptors (Lipinski definition) is 4. The molecule has 3 saturated heterocycles. The molecule has 2 bridgehead atoms. The standard InChI is InChI=1S/C20H12F10N4O3/c1-7-11-6-32(15(36)17(21,22)19(26,27)20(28,29)30)12(7)13-14(35)33(16(37)34(11)13)9-3-2-8(5-31)10(4-9)18(23,24)25/h2-4,7,11-13H,6H2,1H3/t7-,11?,12?,13?/m0/s1. The number of carbonyl (C=O) groups excluding carboxylic acids is 3. The Labute approximate surface area is 199 Å². The molecular weight excluding hydrogens is 534 g/mol. The maximum Gasteiger partial charge on any atom is 0.460 e. The normalized spacial score (nSPS) is 26.2. The van der Waals surface area contributed by atoms with E-state index in [0.29, 0.717) is 12.1 Å². The summed E-state index contributed by atoms with van der Waals surface area (Å²) < 4.78 is 133. The number of imide groups is 1. The second-order valence-electron chi connectivity index (χ2n) is 8.67. The van der Waals surface area contributed by atoms with Gasteiger partial charge >= 0.3 is 30.2 Å². The number of rotatable bonds is 3. The monoisotopic (exact) mass is 546 g/mol. The van der Waals surface area contributed by atoms with Crippen molar-refractivity contribution in [1.29, 1.82) is 5.26 Å². The fraction of sp³-hybridized carbons (Fsp3) is 0.500. The predicted octanol–water partition coefficient (Wildman–Crippen LogP) is 3.78. The maximum absolute atomic E-state index is 14.1. The molecule has 0 saturated carbocycles. The van der Waals surface area contributed by atoms with Gasteiger partial charge in [-0.05, 0) is 18.2 Å². The fourth-order valence-corrected chi connectivity index (χ4v) is 4.99. The predicted molar refractivity (Wildman–Crippen MR) is 99.1 cm³/mol. The Hall–Kier alpha value is -3.58. The molecule has 7 nitrogen and oxygen atoms in total. The molecule has 200 valence electrons. The molecule has 3 aliphatic rings. The zero-order valence-corrected chi connectivity index (χ0v) is 18.0. The van der Waals surface area contributed by atoms with E-state index in [4.69, 9.17) is 5.26 Å². The quantitative estimate of drug-likeness (QED) is 0.427. The number of nitriles is 1. The number of piperazine rings is 1. The largest absolute Gasteiger partial charge is 0.460 e. The van der Waals surface area contributed by atoms with Crippen molar-refractivity contribution in [2.24, 2.45) is 5.92 Å². The molecule has 3 aliphatic heterocycles. The lowest BCUT2D eigenvalue weighted by molar-refractivity contribution is -0.346. The summed E-state index contributed by atoms with van der Waals surface area (Å²) in [5, 5.41) is 8.91. The number of likely N-dealkylation sites (tertiary alicyclic amines) is 1. The molecule has 0 aromatic heterocycles. The smallest absolute Gasteiger partial charge is 0.329 e. The molecule has 3 unspecified atom stereocenters. The Kier molecular flexibility index (Phi) is 5.52. The molecule has 0 radical (unpaired) electrons. The average Bonchev–Trinajstić information content (AvgIpc) is 3.35. The summed E-state index contributed by atoms with van der Waals surface area (Å²) >= 11 is 0. The van der Waals surface area contributed by atoms with Crippen molar-refractivity contribution in [2.75, 3.05) is 11.4 Å². The van der Waals surface area contributed by atoms with Gasteiger partial charge in [0.2, 0.25) is 0 Å². The SMILES string of the molecule is C[C@@H]1C2C3C(=O)N(c4ccc(C#N)c(C(F)(F)F)c4)C(=O)N3C1CN2C(=O)C(F)(F)C(F)(F)C(F)(F)F. The Bertz CT molecular complexity index is 1240. The lowest BCUT2D eigenvalue weighted by Crippen LogP contribution is -2.64. The van der Waals surface area contributed by atoms with Crippen molar-refractivity contribution < 1.29 is 58.3 Å². The van der Waals surface area contributed by atoms with Crippen LogP contribution in [0.15, 0.2) is 18.2 Å². The molecule has 4 atom stereocenters. The number of anilines is 1. The second kappa shape index (κ2) is 7.71. The van der Waals surface area contributed by atoms with Gasteiger partial charge in [-0.25, -0.2) is 9.69 Å². The third-order valence-electron chi connectivity index (χ3n) is 6.72. The van der Waals surface area contributed by atoms with Crippen LogP contribution in [0, 0.1) is 17.2 Å². The van der Waals surface area contributed by atoms with Crippen LogP contribution in [0.2, 0.25) is 0 Å². The fourth-order valence-electron chi connectivity index (χ4n) is 4.99. The van der Waals surface area contributed by atoms with Crippen molar-refractivity contribution in [3.8, 4) is 6.07 Å². The summed E-state index contributed by atoms with van der Waals surface area (Å²) in [6.45, 7) is 0.327. The third kappa shape index (κ3) is 3.44. The van der Waals surface area contributed by atoms with Gasteiger partial charge in [0.1, 0.15) is 6.04 Å². The van der Waals surface area contributed by atoms with Crippen molar-refractivity contribution in [3.63, 3.8) is 0 Å². The van der Waals surface area contributed by atoms with Crippen molar-refractivity contribution in [1.82, 2.24) is 9.80 Å². The minimum absolute atomic E-state index is 0.0231. The third-order valence-corrected chi connectivity index (χ3v) is 6.72. The van der Waals surface area contributed by atoms with Crippen molar-refractivity contribution in [2.45, 2.75) is 49.2 Å². The Morgan fingerprint density at radius 1 is 1.03 bits per heavy atom. The highest BCUT2D eigenvalue weighted by Gasteiger charge is 2.78. The number of benzene rings is 1. The number of halogens is 10. The van der Waals surface area contributed by atoms with Gasteiger partial charge in [0.25, 0.3) is 11.8 Å². The molecule has 0 spiro atoms. The number of hydrogen-bond donors (Lipinski definition) is 0. The molecule has 0 aliphatic carbocycles. The van der Waals surface area contributed by atoms with E-state index in [0.717, 1.165) is 11.0 Å². The molecule has 3 fully saturated rings. The summed E-state index contributed by atoms with van der Waals surface area (Å²) in [5.41, 5.74) is -2.99. The summed E-state index contributed by atoms with van der Waals surface area (Å²) in [6, 6.07) is -2.96. The Morgan fingerprint density at radius 2 is 1.62 bits per heavy atom. The number of nitrogens with zero attached hydrogens (tertiary/aromatic N) is 4. The van der Waals surface area contributed by atoms with Crippen LogP contribution in [0.4, 0.5) is 54.4 Å². The van der Waals surface area contributed by atoms with Crippen LogP contribution in [0.3, 0.4) is 0 Å². The average molecular weight is 546 g/mol. The number of urea groups is 1. The first-order valence-electron chi connectivity index (χ1n) is 10.2. The van der Waals surface area contributed by atoms with Crippen molar-refractivity contribution >= 4 is 23.5 Å². The first-order valence-corrected chi connectivity index (χ1v) is 10.2. The zero-order valence-electron chi connectivity index (χ0n) is 18.0. The van der Waals surface area contributed by atoms with Gasteiger partial charge in [-0.2, -0.15) is 49.2 Å². The summed E-state index contributed by atoms with van der Waals surface area (Å²) in [4.78, 5) is 39.3. The second-order valence-corrected chi connectivity index (χ2v) is 8.67. The maximum atomic E-state index is 14.1. The van der Waals surface area contributed by atoms with Crippen LogP contribution < -0.4 is 4.90 Å². The van der Waals surface area contributed by atoms with Crippen molar-refractivity contribution in [3.05, 3.63) is 29.3 Å². The molecule has 1 aromatic rings. The van der Waals surface area contributed by atoms with E-state index in [-0.39, 0.29) is 9.80 Å². The van der Waals surface area contributed by atoms with Crippen LogP contribution in [-0.2, 0) is 15.8 Å². The van der Waals surface area contributed by atoms with E-state index in [9.17, 15) is 58.3 Å². The lowest BCUT2D eigenvalue weighted by atomic mass is 9.98. The van der Waals surface area contributed by atoms with Crippen LogP contribution in [0.25, 0.3) is 0 Å². The van der Waals surface area contributed by atoms with E-state index in [1.54, 1.807) is 0 Å². The minimum Gasteiger partial charge on any atom is -0.329 e. The topological polar surface area (TPSA) is 84.7 Å². The van der Waals surface area contributed by atoms with Gasteiger partial charge in [-0.3, -0.25) is 9.59 Å². The van der Waals surface area contributed by atoms with Gasteiger partial charge in [0.05, 0.1) is 35.0 Å². The number of fused-ring (bicyclic) bond motifs is 5. The highest BCUT2D eigenvalue weighted by Crippen LogP contribution is 2.51. The lowest BCUT2D eigenvalue weighted by Gasteiger charge is -2.38. The molecular formula is C20H12F10N4O3. The van der Waals surface area contributed by atoms with E-state index in [1.165, 1.54) is 13.0 Å². The molecule has 1 aromatic carbocycles. The van der Waals surface area contributed by atoms with Gasteiger partial charge in [-0.15, -0.1) is 0 Å². The highest BCUT2D eigenvalue weighted by molar-refractivity contribution is 6.22. The molecule has 3 heterocycles. The van der Waals surface area contributed by atoms with E-state index in [1.807, 2.05) is 0 Å². The molecule has 4 rings (SSSR count). The van der Waals surface area contributed by atoms with Gasteiger partial charge in [-0.1, -0.05) is 6.92 Å². The van der Waals surface area contributed by atoms with Crippen LogP contribution >= 0.6 is 0 Å². The number of carbonyl (C=O) groups is 3. The first-order chi connectivity index (χ1) is 16.8. The van der Waals surface area contributed by atoms with Crippen LogP contribution in [0.1, 0.15) is 18.1 Å². The summed E-state index contributed by atoms with van der Waals surface area (Å²) in [6.07, 6.45) is -11.9. The summed E-state index contributed by atoms with van der Waals surface area (Å²) in [5.74, 6) is -18.2. The van der Waals surface area contributed by atoms with Gasteiger partial charge in [0, 0.05) is 12.5 Å². The molecule has 0 N–H and O–H groups in total. The van der Waals surface area contributed by atoms with Crippen LogP contribution in [0.5, 0.6) is 0 Å². The van der Waals surface area contributed by atoms with Gasteiger partial charge in [0.15, 0.2) is 0 Å². The summed E-state index contributed by atoms with van der Waals surface area (Å²) in [7, 11) is 0. The van der Waals surface area contributed by atoms with Gasteiger partial charge < -0.3 is 9.80 Å². The molecule has 4 amide bonds. The Morgan fingerprint density at radius 3 is 2.14 bits per heavy atom. The van der Waals surface area contributed by atoms with E-state index < -0.39 is 89.4 Å². The van der Waals surface area contributed by atoms with Crippen LogP contribution in [-0.4, -0.2) is 70.3 Å². The molecule has 37 heavy (non-hydrogen) atoms. The first kappa shape index (κ1) is 26.5. The zero-order chi connectivity index (χ0) is 28.0. The Balaban J connectivity index is 1.70.